The molecule has 13 heteroatoms. The fourth-order valence-electron chi connectivity index (χ4n) is 6.25. The molecule has 1 aromatic carbocycles. The standard InChI is InChI=1S/C34H44FN5O7/c1-33(2,3)46-31(42)39-18-21(14-29(39)41)20-9-11-23(27(13-20)45-19-44-8)24-16-37-28(17-36-24)38(7)26-15-22-10-12-25(30(26)35)40(22)32(43)47-34(4,5)6/h9,11,13-14,16-17,22,25-26,30H,10,12,15,18-19H2,1-8H3/t22-,25+,26-,30+/m0/s1. The molecule has 0 aliphatic carbocycles. The van der Waals surface area contributed by atoms with Crippen LogP contribution in [0.5, 0.6) is 5.75 Å². The first-order valence-electron chi connectivity index (χ1n) is 15.8. The van der Waals surface area contributed by atoms with Gasteiger partial charge in [-0.05, 0) is 84.1 Å². The number of hydrogen-bond donors (Lipinski definition) is 0. The molecule has 0 radical (unpaired) electrons. The van der Waals surface area contributed by atoms with E-state index in [1.807, 2.05) is 6.07 Å². The monoisotopic (exact) mass is 653 g/mol. The number of benzene rings is 1. The van der Waals surface area contributed by atoms with Crippen molar-refractivity contribution in [2.24, 2.45) is 0 Å². The van der Waals surface area contributed by atoms with Crippen LogP contribution in [-0.4, -0.2) is 101 Å². The van der Waals surface area contributed by atoms with E-state index in [9.17, 15) is 14.4 Å². The molecule has 5 rings (SSSR count). The molecule has 0 unspecified atom stereocenters. The maximum atomic E-state index is 15.9. The Balaban J connectivity index is 1.31. The molecule has 47 heavy (non-hydrogen) atoms. The van der Waals surface area contributed by atoms with Crippen LogP contribution in [0.3, 0.4) is 0 Å². The van der Waals surface area contributed by atoms with E-state index in [1.165, 1.54) is 13.2 Å². The van der Waals surface area contributed by atoms with Crippen molar-refractivity contribution >= 4 is 29.5 Å². The Morgan fingerprint density at radius 2 is 1.72 bits per heavy atom. The fraction of sp³-hybridized carbons (Fsp3) is 0.559. The number of anilines is 1. The summed E-state index contributed by atoms with van der Waals surface area (Å²) < 4.78 is 37.9. The molecule has 0 saturated carbocycles. The normalized spacial score (nSPS) is 22.7. The van der Waals surface area contributed by atoms with Crippen molar-refractivity contribution in [3.8, 4) is 17.0 Å². The van der Waals surface area contributed by atoms with Crippen molar-refractivity contribution in [2.75, 3.05) is 32.4 Å². The number of piperidine rings is 1. The van der Waals surface area contributed by atoms with E-state index in [2.05, 4.69) is 9.97 Å². The summed E-state index contributed by atoms with van der Waals surface area (Å²) in [4.78, 5) is 51.7. The van der Waals surface area contributed by atoms with Gasteiger partial charge in [0.2, 0.25) is 0 Å². The Hall–Kier alpha value is -4.26. The molecular weight excluding hydrogens is 609 g/mol. The van der Waals surface area contributed by atoms with Gasteiger partial charge < -0.3 is 23.8 Å². The predicted octanol–water partition coefficient (Wildman–Crippen LogP) is 5.60. The molecule has 2 saturated heterocycles. The van der Waals surface area contributed by atoms with Crippen molar-refractivity contribution in [2.45, 2.75) is 96.3 Å². The number of fused-ring (bicyclic) bond motifs is 2. The van der Waals surface area contributed by atoms with Gasteiger partial charge in [0.1, 0.15) is 28.9 Å². The van der Waals surface area contributed by atoms with Crippen LogP contribution in [0.25, 0.3) is 16.8 Å². The first-order valence-corrected chi connectivity index (χ1v) is 15.8. The third kappa shape index (κ3) is 7.50. The molecule has 2 bridgehead atoms. The zero-order valence-corrected chi connectivity index (χ0v) is 28.3. The number of carbonyl (C=O) groups is 3. The van der Waals surface area contributed by atoms with Crippen LogP contribution in [0.15, 0.2) is 36.7 Å². The highest BCUT2D eigenvalue weighted by atomic mass is 19.1. The van der Waals surface area contributed by atoms with Gasteiger partial charge in [-0.3, -0.25) is 14.7 Å². The van der Waals surface area contributed by atoms with Gasteiger partial charge in [0, 0.05) is 31.8 Å². The number of hydrogen-bond acceptors (Lipinski definition) is 10. The maximum absolute atomic E-state index is 15.9. The summed E-state index contributed by atoms with van der Waals surface area (Å²) in [5, 5.41) is 0. The number of carbonyl (C=O) groups excluding carboxylic acids is 3. The van der Waals surface area contributed by atoms with Gasteiger partial charge in [0.25, 0.3) is 5.91 Å². The van der Waals surface area contributed by atoms with Crippen LogP contribution in [0.4, 0.5) is 19.8 Å². The molecule has 3 aliphatic rings. The Bertz CT molecular complexity index is 1530. The van der Waals surface area contributed by atoms with Gasteiger partial charge in [-0.15, -0.1) is 0 Å². The summed E-state index contributed by atoms with van der Waals surface area (Å²) in [5.74, 6) is 0.486. The number of nitrogens with zero attached hydrogens (tertiary/aromatic N) is 5. The van der Waals surface area contributed by atoms with Crippen LogP contribution >= 0.6 is 0 Å². The zero-order valence-electron chi connectivity index (χ0n) is 28.3. The second kappa shape index (κ2) is 13.1. The molecule has 12 nitrogen and oxygen atoms in total. The lowest BCUT2D eigenvalue weighted by atomic mass is 9.94. The van der Waals surface area contributed by atoms with E-state index in [-0.39, 0.29) is 19.4 Å². The van der Waals surface area contributed by atoms with Crippen LogP contribution in [0.2, 0.25) is 0 Å². The summed E-state index contributed by atoms with van der Waals surface area (Å²) in [5.41, 5.74) is 1.07. The number of ether oxygens (including phenoxy) is 4. The summed E-state index contributed by atoms with van der Waals surface area (Å²) in [6, 6.07) is 4.24. The van der Waals surface area contributed by atoms with Crippen LogP contribution in [-0.2, 0) is 19.0 Å². The maximum Gasteiger partial charge on any atom is 0.417 e. The summed E-state index contributed by atoms with van der Waals surface area (Å²) in [6.07, 6.45) is 3.91. The van der Waals surface area contributed by atoms with E-state index >= 15 is 4.39 Å². The van der Waals surface area contributed by atoms with Gasteiger partial charge in [0.05, 0.1) is 36.7 Å². The minimum absolute atomic E-state index is 0.0328. The Labute approximate surface area is 274 Å². The largest absolute Gasteiger partial charge is 0.467 e. The Morgan fingerprint density at radius 3 is 2.36 bits per heavy atom. The van der Waals surface area contributed by atoms with E-state index in [0.29, 0.717) is 46.8 Å². The summed E-state index contributed by atoms with van der Waals surface area (Å²) in [7, 11) is 3.30. The fourth-order valence-corrected chi connectivity index (χ4v) is 6.25. The minimum atomic E-state index is -1.28. The van der Waals surface area contributed by atoms with Crippen molar-refractivity contribution < 1.29 is 37.7 Å². The number of rotatable bonds is 7. The number of halogens is 1. The van der Waals surface area contributed by atoms with Gasteiger partial charge >= 0.3 is 12.2 Å². The van der Waals surface area contributed by atoms with E-state index < -0.39 is 47.6 Å². The van der Waals surface area contributed by atoms with Crippen LogP contribution in [0, 0.1) is 0 Å². The van der Waals surface area contributed by atoms with Crippen molar-refractivity contribution in [1.29, 1.82) is 0 Å². The summed E-state index contributed by atoms with van der Waals surface area (Å²) >= 11 is 0. The average Bonchev–Trinajstić information content (AvgIpc) is 3.56. The molecule has 4 atom stereocenters. The topological polar surface area (TPSA) is 124 Å². The Morgan fingerprint density at radius 1 is 1.02 bits per heavy atom. The third-order valence-electron chi connectivity index (χ3n) is 8.36. The average molecular weight is 654 g/mol. The number of amides is 3. The van der Waals surface area contributed by atoms with Crippen molar-refractivity contribution in [3.05, 3.63) is 42.2 Å². The van der Waals surface area contributed by atoms with Gasteiger partial charge in [-0.1, -0.05) is 6.07 Å². The van der Waals surface area contributed by atoms with E-state index in [1.54, 1.807) is 82.9 Å². The molecule has 3 amide bonds. The number of imide groups is 1. The lowest BCUT2D eigenvalue weighted by molar-refractivity contribution is -0.123. The smallest absolute Gasteiger partial charge is 0.417 e. The van der Waals surface area contributed by atoms with Gasteiger partial charge in [0.15, 0.2) is 6.79 Å². The molecular formula is C34H44FN5O7. The number of aromatic nitrogens is 2. The van der Waals surface area contributed by atoms with Crippen molar-refractivity contribution in [3.63, 3.8) is 0 Å². The van der Waals surface area contributed by atoms with Gasteiger partial charge in [-0.2, -0.15) is 0 Å². The second-order valence-electron chi connectivity index (χ2n) is 14.1. The SMILES string of the molecule is COCOc1cc(C2=CC(=O)N(C(=O)OC(C)(C)C)C2)ccc1-c1cnc(N(C)[C@H]2C[C@@H]3CC[C@H]([C@H]2F)N3C(=O)OC(C)(C)C)cn1. The molecule has 0 spiro atoms. The molecule has 2 fully saturated rings. The van der Waals surface area contributed by atoms with Crippen LogP contribution < -0.4 is 9.64 Å². The highest BCUT2D eigenvalue weighted by molar-refractivity contribution is 6.08. The molecule has 3 aliphatic heterocycles. The van der Waals surface area contributed by atoms with E-state index in [0.717, 1.165) is 11.3 Å². The quantitative estimate of drug-likeness (QED) is 0.349. The Kier molecular flexibility index (Phi) is 9.50. The third-order valence-corrected chi connectivity index (χ3v) is 8.36. The molecule has 4 heterocycles. The number of methoxy groups -OCH3 is 1. The molecule has 1 aromatic heterocycles. The summed E-state index contributed by atoms with van der Waals surface area (Å²) in [6.45, 7) is 10.7. The second-order valence-corrected chi connectivity index (χ2v) is 14.1. The molecule has 0 N–H and O–H groups in total. The first kappa shape index (κ1) is 34.1. The minimum Gasteiger partial charge on any atom is -0.467 e. The highest BCUT2D eigenvalue weighted by Gasteiger charge is 2.52. The molecule has 254 valence electrons. The highest BCUT2D eigenvalue weighted by Crippen LogP contribution is 2.41. The lowest BCUT2D eigenvalue weighted by Crippen LogP contribution is -2.59. The van der Waals surface area contributed by atoms with Crippen molar-refractivity contribution in [1.82, 2.24) is 19.8 Å². The molecule has 2 aromatic rings. The van der Waals surface area contributed by atoms with E-state index in [4.69, 9.17) is 18.9 Å². The lowest BCUT2D eigenvalue weighted by Gasteiger charge is -2.44. The zero-order chi connectivity index (χ0) is 34.3. The van der Waals surface area contributed by atoms with Gasteiger partial charge in [-0.25, -0.2) is 23.9 Å². The van der Waals surface area contributed by atoms with Crippen LogP contribution in [0.1, 0.15) is 66.4 Å². The predicted molar refractivity (Wildman–Crippen MR) is 172 cm³/mol. The number of alkyl halides is 1. The first-order chi connectivity index (χ1) is 22.1.